The molecular formula is C19H15N3O3S. The van der Waals surface area contributed by atoms with Crippen molar-refractivity contribution in [2.24, 2.45) is 0 Å². The van der Waals surface area contributed by atoms with Crippen LogP contribution in [0.2, 0.25) is 0 Å². The number of sulfonamides is 1. The van der Waals surface area contributed by atoms with Crippen LogP contribution in [0.15, 0.2) is 53.7 Å². The van der Waals surface area contributed by atoms with Gasteiger partial charge in [-0.3, -0.25) is 4.31 Å². The van der Waals surface area contributed by atoms with Gasteiger partial charge in [0.15, 0.2) is 18.1 Å². The van der Waals surface area contributed by atoms with Crippen LogP contribution >= 0.6 is 0 Å². The molecule has 0 fully saturated rings. The Morgan fingerprint density at radius 1 is 1.23 bits per heavy atom. The lowest BCUT2D eigenvalue weighted by molar-refractivity contribution is -0.604. The maximum Gasteiger partial charge on any atom is 0.264 e. The number of aromatic nitrogens is 1. The van der Waals surface area contributed by atoms with Crippen LogP contribution in [0, 0.1) is 18.7 Å². The molecule has 2 heterocycles. The van der Waals surface area contributed by atoms with Gasteiger partial charge in [0, 0.05) is 28.6 Å². The molecule has 2 aromatic carbocycles. The lowest BCUT2D eigenvalue weighted by Gasteiger charge is -2.21. The van der Waals surface area contributed by atoms with Crippen LogP contribution in [0.4, 0.5) is 11.4 Å². The molecule has 0 bridgehead atoms. The van der Waals surface area contributed by atoms with Crippen LogP contribution in [0.1, 0.15) is 11.1 Å². The summed E-state index contributed by atoms with van der Waals surface area (Å²) >= 11 is 0. The fourth-order valence-electron chi connectivity index (χ4n) is 3.50. The highest BCUT2D eigenvalue weighted by Crippen LogP contribution is 2.37. The van der Waals surface area contributed by atoms with Crippen molar-refractivity contribution in [1.82, 2.24) is 0 Å². The molecule has 130 valence electrons. The molecule has 0 N–H and O–H groups in total. The third kappa shape index (κ3) is 2.38. The maximum atomic E-state index is 13.4. The Hall–Kier alpha value is -3.11. The van der Waals surface area contributed by atoms with Crippen LogP contribution in [0.25, 0.3) is 15.6 Å². The van der Waals surface area contributed by atoms with Crippen molar-refractivity contribution in [1.29, 1.82) is 0 Å². The molecule has 26 heavy (non-hydrogen) atoms. The first-order valence-corrected chi connectivity index (χ1v) is 9.51. The van der Waals surface area contributed by atoms with E-state index in [0.29, 0.717) is 45.4 Å². The van der Waals surface area contributed by atoms with E-state index < -0.39 is 10.0 Å². The van der Waals surface area contributed by atoms with Gasteiger partial charge < -0.3 is 5.21 Å². The number of anilines is 1. The highest BCUT2D eigenvalue weighted by molar-refractivity contribution is 7.93. The van der Waals surface area contributed by atoms with Crippen LogP contribution < -0.4 is 9.04 Å². The second-order valence-corrected chi connectivity index (χ2v) is 8.10. The van der Waals surface area contributed by atoms with Gasteiger partial charge in [-0.25, -0.2) is 13.3 Å². The summed E-state index contributed by atoms with van der Waals surface area (Å²) < 4.78 is 28.9. The quantitative estimate of drug-likeness (QED) is 0.398. The molecule has 6 nitrogen and oxygen atoms in total. The highest BCUT2D eigenvalue weighted by atomic mass is 32.2. The summed E-state index contributed by atoms with van der Waals surface area (Å²) in [6.07, 6.45) is 3.35. The van der Waals surface area contributed by atoms with Crippen LogP contribution in [-0.4, -0.2) is 15.0 Å². The first kappa shape index (κ1) is 16.4. The summed E-state index contributed by atoms with van der Waals surface area (Å²) in [6, 6.07) is 10.1. The van der Waals surface area contributed by atoms with Gasteiger partial charge in [-0.1, -0.05) is 18.2 Å². The van der Waals surface area contributed by atoms with Crippen molar-refractivity contribution >= 4 is 32.2 Å². The minimum atomic E-state index is -3.82. The number of benzene rings is 2. The molecule has 1 aliphatic rings. The van der Waals surface area contributed by atoms with Gasteiger partial charge in [-0.2, -0.15) is 4.73 Å². The van der Waals surface area contributed by atoms with Crippen LogP contribution in [0.3, 0.4) is 0 Å². The number of nitrogens with zero attached hydrogens (tertiary/aromatic N) is 3. The Kier molecular flexibility index (Phi) is 3.60. The van der Waals surface area contributed by atoms with E-state index in [9.17, 15) is 13.6 Å². The largest absolute Gasteiger partial charge is 0.619 e. The Morgan fingerprint density at radius 3 is 2.81 bits per heavy atom. The highest BCUT2D eigenvalue weighted by Gasteiger charge is 2.32. The zero-order valence-corrected chi connectivity index (χ0v) is 14.8. The zero-order chi connectivity index (χ0) is 18.5. The fourth-order valence-corrected chi connectivity index (χ4v) is 5.28. The average Bonchev–Trinajstić information content (AvgIpc) is 3.04. The van der Waals surface area contributed by atoms with E-state index in [4.69, 9.17) is 6.57 Å². The maximum absolute atomic E-state index is 13.4. The first-order valence-electron chi connectivity index (χ1n) is 8.07. The summed E-state index contributed by atoms with van der Waals surface area (Å²) in [4.78, 5) is 3.58. The number of pyridine rings is 1. The van der Waals surface area contributed by atoms with Gasteiger partial charge in [0.2, 0.25) is 0 Å². The number of aryl methyl sites for hydroxylation is 1. The Balaban J connectivity index is 1.93. The van der Waals surface area contributed by atoms with E-state index in [2.05, 4.69) is 4.85 Å². The number of rotatable bonds is 2. The van der Waals surface area contributed by atoms with E-state index in [1.807, 2.05) is 6.07 Å². The van der Waals surface area contributed by atoms with Crippen LogP contribution in [0.5, 0.6) is 0 Å². The van der Waals surface area contributed by atoms with E-state index in [1.54, 1.807) is 37.3 Å². The van der Waals surface area contributed by atoms with E-state index in [0.717, 1.165) is 5.56 Å². The predicted octanol–water partition coefficient (Wildman–Crippen LogP) is 3.08. The van der Waals surface area contributed by atoms with Crippen molar-refractivity contribution in [2.75, 3.05) is 10.8 Å². The lowest BCUT2D eigenvalue weighted by atomic mass is 10.1. The molecule has 1 aliphatic heterocycles. The molecule has 0 aliphatic carbocycles. The van der Waals surface area contributed by atoms with Crippen molar-refractivity contribution in [3.8, 4) is 0 Å². The standard InChI is InChI=1S/C19H15N3O3S/c1-13-11-21(23)12-15-4-3-5-18(19(13)15)26(24,25)22-9-8-14-6-7-16(20-2)10-17(14)22/h3-7,10-12H,8-9H2,1H3. The van der Waals surface area contributed by atoms with Crippen molar-refractivity contribution in [3.05, 3.63) is 76.5 Å². The summed E-state index contributed by atoms with van der Waals surface area (Å²) in [7, 11) is -3.82. The molecule has 1 aromatic heterocycles. The van der Waals surface area contributed by atoms with Gasteiger partial charge >= 0.3 is 0 Å². The average molecular weight is 365 g/mol. The molecule has 0 saturated carbocycles. The molecule has 0 atom stereocenters. The second-order valence-electron chi connectivity index (χ2n) is 6.27. The molecule has 0 radical (unpaired) electrons. The summed E-state index contributed by atoms with van der Waals surface area (Å²) in [5, 5.41) is 12.8. The van der Waals surface area contributed by atoms with Crippen molar-refractivity contribution < 1.29 is 13.1 Å². The smallest absolute Gasteiger partial charge is 0.264 e. The zero-order valence-electron chi connectivity index (χ0n) is 14.0. The molecule has 7 heteroatoms. The van der Waals surface area contributed by atoms with Gasteiger partial charge in [0.25, 0.3) is 10.0 Å². The molecule has 0 spiro atoms. The number of hydrogen-bond donors (Lipinski definition) is 0. The van der Waals surface area contributed by atoms with Gasteiger partial charge in [0.05, 0.1) is 11.5 Å². The lowest BCUT2D eigenvalue weighted by Crippen LogP contribution is -2.30. The SMILES string of the molecule is [C-]#[N+]c1ccc2c(c1)N(S(=O)(=O)c1cccc3c[n+]([O-])cc(C)c13)CC2. The normalized spacial score (nSPS) is 13.6. The van der Waals surface area contributed by atoms with Crippen molar-refractivity contribution in [3.63, 3.8) is 0 Å². The minimum absolute atomic E-state index is 0.175. The van der Waals surface area contributed by atoms with E-state index in [-0.39, 0.29) is 4.90 Å². The molecular weight excluding hydrogens is 350 g/mol. The third-order valence-electron chi connectivity index (χ3n) is 4.66. The molecule has 0 amide bonds. The monoisotopic (exact) mass is 365 g/mol. The number of fused-ring (bicyclic) bond motifs is 2. The third-order valence-corrected chi connectivity index (χ3v) is 6.51. The Morgan fingerprint density at radius 2 is 2.04 bits per heavy atom. The van der Waals surface area contributed by atoms with Crippen molar-refractivity contribution in [2.45, 2.75) is 18.2 Å². The van der Waals surface area contributed by atoms with Gasteiger partial charge in [0.1, 0.15) is 0 Å². The summed E-state index contributed by atoms with van der Waals surface area (Å²) in [5.74, 6) is 0. The molecule has 4 rings (SSSR count). The first-order chi connectivity index (χ1) is 12.4. The van der Waals surface area contributed by atoms with Gasteiger partial charge in [-0.15, -0.1) is 0 Å². The second kappa shape index (κ2) is 5.71. The fraction of sp³-hybridized carbons (Fsp3) is 0.158. The topological polar surface area (TPSA) is 68.7 Å². The van der Waals surface area contributed by atoms with Crippen LogP contribution in [-0.2, 0) is 16.4 Å². The van der Waals surface area contributed by atoms with Gasteiger partial charge in [-0.05, 0) is 37.1 Å². The summed E-state index contributed by atoms with van der Waals surface area (Å²) in [5.41, 5.74) is 2.48. The van der Waals surface area contributed by atoms with E-state index in [1.165, 1.54) is 16.7 Å². The summed E-state index contributed by atoms with van der Waals surface area (Å²) in [6.45, 7) is 9.24. The Labute approximate surface area is 151 Å². The Bertz CT molecular complexity index is 1200. The van der Waals surface area contributed by atoms with E-state index >= 15 is 0 Å². The molecule has 0 saturated heterocycles. The molecule has 0 unspecified atom stereocenters. The molecule has 3 aromatic rings. The number of hydrogen-bond acceptors (Lipinski definition) is 3. The predicted molar refractivity (Wildman–Crippen MR) is 98.6 cm³/mol. The minimum Gasteiger partial charge on any atom is -0.619 e.